The van der Waals surface area contributed by atoms with Gasteiger partial charge in [-0.25, -0.2) is 0 Å². The van der Waals surface area contributed by atoms with Gasteiger partial charge in [-0.1, -0.05) is 24.3 Å². The van der Waals surface area contributed by atoms with Crippen molar-refractivity contribution < 1.29 is 14.9 Å². The van der Waals surface area contributed by atoms with Crippen LogP contribution in [-0.4, -0.2) is 57.3 Å². The highest BCUT2D eigenvalue weighted by molar-refractivity contribution is 5.52. The van der Waals surface area contributed by atoms with Crippen LogP contribution in [0, 0.1) is 0 Å². The fourth-order valence-electron chi connectivity index (χ4n) is 6.19. The van der Waals surface area contributed by atoms with Crippen LogP contribution in [0.5, 0.6) is 11.5 Å². The number of aliphatic hydroxyl groups is 2. The molecule has 2 aromatic rings. The molecule has 1 aliphatic rings. The van der Waals surface area contributed by atoms with E-state index in [9.17, 15) is 10.2 Å². The molecule has 1 aliphatic heterocycles. The van der Waals surface area contributed by atoms with Crippen molar-refractivity contribution in [1.82, 2.24) is 9.80 Å². The molecule has 0 radical (unpaired) electrons. The summed E-state index contributed by atoms with van der Waals surface area (Å²) in [5.41, 5.74) is 4.11. The second-order valence-corrected chi connectivity index (χ2v) is 12.9. The van der Waals surface area contributed by atoms with Crippen LogP contribution < -0.4 is 4.74 Å². The summed E-state index contributed by atoms with van der Waals surface area (Å²) in [6.45, 7) is 20.1. The van der Waals surface area contributed by atoms with Gasteiger partial charge in [-0.05, 0) is 141 Å². The van der Waals surface area contributed by atoms with Gasteiger partial charge in [0.2, 0.25) is 0 Å². The van der Waals surface area contributed by atoms with E-state index in [0.717, 1.165) is 91.8 Å². The molecular weight excluding hydrogens is 496 g/mol. The lowest BCUT2D eigenvalue weighted by molar-refractivity contribution is 0.148. The number of ether oxygens (including phenoxy) is 1. The average Bonchev–Trinajstić information content (AvgIpc) is 2.89. The fraction of sp³-hybridized carbons (Fsp3) is 0.657. The summed E-state index contributed by atoms with van der Waals surface area (Å²) < 4.78 is 6.34. The van der Waals surface area contributed by atoms with Crippen LogP contribution in [0.15, 0.2) is 36.4 Å². The first-order valence-corrected chi connectivity index (χ1v) is 15.8. The Bertz CT molecular complexity index is 951. The quantitative estimate of drug-likeness (QED) is 0.176. The molecule has 0 fully saturated rings. The molecule has 2 aromatic carbocycles. The van der Waals surface area contributed by atoms with Crippen LogP contribution in [0.4, 0.5) is 0 Å². The van der Waals surface area contributed by atoms with E-state index in [-0.39, 0.29) is 0 Å². The van der Waals surface area contributed by atoms with Gasteiger partial charge in [-0.15, -0.1) is 0 Å². The molecule has 0 bridgehead atoms. The Morgan fingerprint density at radius 2 is 0.975 bits per heavy atom. The van der Waals surface area contributed by atoms with Gasteiger partial charge in [-0.2, -0.15) is 0 Å². The SMILES string of the molecule is CC(C)N(CCCCC(O)c1ccc2c(c1)Oc1cc(C(O)CCCCN(C(C)C)C(C)C)ccc1C2)C(C)C. The van der Waals surface area contributed by atoms with E-state index in [1.807, 2.05) is 24.3 Å². The van der Waals surface area contributed by atoms with Crippen LogP contribution in [0.25, 0.3) is 0 Å². The minimum absolute atomic E-state index is 0.489. The zero-order chi connectivity index (χ0) is 29.4. The van der Waals surface area contributed by atoms with Gasteiger partial charge in [-0.3, -0.25) is 9.80 Å². The van der Waals surface area contributed by atoms with Crippen molar-refractivity contribution >= 4 is 0 Å². The van der Waals surface area contributed by atoms with Gasteiger partial charge in [0.1, 0.15) is 11.5 Å². The van der Waals surface area contributed by atoms with Crippen molar-refractivity contribution in [3.8, 4) is 11.5 Å². The Hall–Kier alpha value is -1.92. The molecule has 0 aliphatic carbocycles. The molecule has 224 valence electrons. The molecule has 40 heavy (non-hydrogen) atoms. The predicted octanol–water partition coefficient (Wildman–Crippen LogP) is 8.03. The van der Waals surface area contributed by atoms with Gasteiger partial charge in [0.15, 0.2) is 0 Å². The highest BCUT2D eigenvalue weighted by Crippen LogP contribution is 2.40. The molecule has 0 saturated carbocycles. The summed E-state index contributed by atoms with van der Waals surface area (Å²) in [7, 11) is 0. The number of rotatable bonds is 16. The molecule has 2 unspecified atom stereocenters. The van der Waals surface area contributed by atoms with E-state index in [1.165, 1.54) is 0 Å². The molecule has 0 saturated heterocycles. The Morgan fingerprint density at radius 3 is 1.32 bits per heavy atom. The first kappa shape index (κ1) is 32.6. The first-order chi connectivity index (χ1) is 19.0. The monoisotopic (exact) mass is 552 g/mol. The maximum atomic E-state index is 10.9. The Morgan fingerprint density at radius 1 is 0.600 bits per heavy atom. The van der Waals surface area contributed by atoms with Crippen molar-refractivity contribution in [3.63, 3.8) is 0 Å². The number of hydrogen-bond acceptors (Lipinski definition) is 5. The lowest BCUT2D eigenvalue weighted by Gasteiger charge is -2.30. The lowest BCUT2D eigenvalue weighted by atomic mass is 9.94. The number of hydrogen-bond donors (Lipinski definition) is 2. The van der Waals surface area contributed by atoms with Gasteiger partial charge >= 0.3 is 0 Å². The minimum atomic E-state index is -0.489. The van der Waals surface area contributed by atoms with Crippen molar-refractivity contribution in [1.29, 1.82) is 0 Å². The Labute approximate surface area is 244 Å². The fourth-order valence-corrected chi connectivity index (χ4v) is 6.19. The highest BCUT2D eigenvalue weighted by atomic mass is 16.5. The topological polar surface area (TPSA) is 56.2 Å². The van der Waals surface area contributed by atoms with E-state index in [1.54, 1.807) is 0 Å². The van der Waals surface area contributed by atoms with Crippen molar-refractivity contribution in [2.24, 2.45) is 0 Å². The maximum absolute atomic E-state index is 10.9. The summed E-state index contributed by atoms with van der Waals surface area (Å²) in [6, 6.07) is 14.5. The molecule has 0 amide bonds. The summed E-state index contributed by atoms with van der Waals surface area (Å²) in [6.07, 6.45) is 5.48. The molecular formula is C35H56N2O3. The zero-order valence-corrected chi connectivity index (χ0v) is 26.5. The smallest absolute Gasteiger partial charge is 0.131 e. The molecule has 5 nitrogen and oxygen atoms in total. The van der Waals surface area contributed by atoms with E-state index in [2.05, 4.69) is 77.3 Å². The third-order valence-electron chi connectivity index (χ3n) is 8.49. The Balaban J connectivity index is 1.54. The van der Waals surface area contributed by atoms with Gasteiger partial charge in [0, 0.05) is 30.6 Å². The van der Waals surface area contributed by atoms with Crippen LogP contribution in [0.1, 0.15) is 128 Å². The van der Waals surface area contributed by atoms with Crippen LogP contribution in [0.2, 0.25) is 0 Å². The number of unbranched alkanes of at least 4 members (excludes halogenated alkanes) is 2. The summed E-state index contributed by atoms with van der Waals surface area (Å²) in [5, 5.41) is 21.8. The average molecular weight is 553 g/mol. The molecule has 1 heterocycles. The lowest BCUT2D eigenvalue weighted by Crippen LogP contribution is -2.37. The molecule has 0 spiro atoms. The highest BCUT2D eigenvalue weighted by Gasteiger charge is 2.21. The largest absolute Gasteiger partial charge is 0.457 e. The summed E-state index contributed by atoms with van der Waals surface area (Å²) in [5.74, 6) is 1.65. The van der Waals surface area contributed by atoms with Crippen LogP contribution >= 0.6 is 0 Å². The zero-order valence-electron chi connectivity index (χ0n) is 26.5. The second-order valence-electron chi connectivity index (χ2n) is 12.9. The predicted molar refractivity (Wildman–Crippen MR) is 167 cm³/mol. The summed E-state index contributed by atoms with van der Waals surface area (Å²) in [4.78, 5) is 5.02. The third-order valence-corrected chi connectivity index (χ3v) is 8.49. The van der Waals surface area contributed by atoms with E-state index in [4.69, 9.17) is 4.74 Å². The number of fused-ring (bicyclic) bond motifs is 2. The Kier molecular flexibility index (Phi) is 12.5. The molecule has 0 aromatic heterocycles. The van der Waals surface area contributed by atoms with Crippen LogP contribution in [0.3, 0.4) is 0 Å². The van der Waals surface area contributed by atoms with Gasteiger partial charge in [0.25, 0.3) is 0 Å². The van der Waals surface area contributed by atoms with Crippen molar-refractivity contribution in [2.45, 2.75) is 137 Å². The summed E-state index contributed by atoms with van der Waals surface area (Å²) >= 11 is 0. The normalized spacial score (nSPS) is 14.8. The van der Waals surface area contributed by atoms with Crippen LogP contribution in [-0.2, 0) is 6.42 Å². The third kappa shape index (κ3) is 9.04. The molecule has 3 rings (SSSR count). The molecule has 2 N–H and O–H groups in total. The standard InChI is InChI=1S/C35H56N2O3/c1-24(2)36(25(3)4)19-11-9-13-32(38)28-15-17-30-21-31-18-16-29(23-35(31)40-34(30)22-28)33(39)14-10-12-20-37(26(5)6)27(7)8/h15-18,22-27,32-33,38-39H,9-14,19-21H2,1-8H3. The van der Waals surface area contributed by atoms with Crippen molar-refractivity contribution in [3.05, 3.63) is 58.7 Å². The van der Waals surface area contributed by atoms with Gasteiger partial charge in [0.05, 0.1) is 12.2 Å². The first-order valence-electron chi connectivity index (χ1n) is 15.8. The second kappa shape index (κ2) is 15.3. The molecule has 2 atom stereocenters. The minimum Gasteiger partial charge on any atom is -0.457 e. The van der Waals surface area contributed by atoms with E-state index in [0.29, 0.717) is 24.2 Å². The molecule has 5 heteroatoms. The van der Waals surface area contributed by atoms with E-state index < -0.39 is 12.2 Å². The van der Waals surface area contributed by atoms with Crippen molar-refractivity contribution in [2.75, 3.05) is 13.1 Å². The number of aliphatic hydroxyl groups excluding tert-OH is 2. The van der Waals surface area contributed by atoms with E-state index >= 15 is 0 Å². The maximum Gasteiger partial charge on any atom is 0.131 e. The van der Waals surface area contributed by atoms with Gasteiger partial charge < -0.3 is 14.9 Å². The number of benzene rings is 2. The number of nitrogens with zero attached hydrogens (tertiary/aromatic N) is 2.